The van der Waals surface area contributed by atoms with Gasteiger partial charge in [-0.05, 0) is 38.3 Å². The lowest BCUT2D eigenvalue weighted by atomic mass is 10.1. The largest absolute Gasteiger partial charge is 0.318 e. The molecule has 1 aromatic rings. The Hall–Kier alpha value is -0.920. The highest BCUT2D eigenvalue weighted by atomic mass is 32.2. The summed E-state index contributed by atoms with van der Waals surface area (Å²) in [6.45, 7) is 3.32. The van der Waals surface area contributed by atoms with E-state index in [9.17, 15) is 8.42 Å². The van der Waals surface area contributed by atoms with Gasteiger partial charge in [0.05, 0.1) is 6.20 Å². The van der Waals surface area contributed by atoms with Gasteiger partial charge in [0.2, 0.25) is 0 Å². The van der Waals surface area contributed by atoms with E-state index in [4.69, 9.17) is 0 Å². The van der Waals surface area contributed by atoms with Crippen molar-refractivity contribution < 1.29 is 8.42 Å². The van der Waals surface area contributed by atoms with E-state index in [1.54, 1.807) is 0 Å². The van der Waals surface area contributed by atoms with Gasteiger partial charge in [-0.1, -0.05) is 0 Å². The molecule has 0 aliphatic carbocycles. The normalized spacial score (nSPS) is 22.8. The molecule has 0 amide bonds. The van der Waals surface area contributed by atoms with Gasteiger partial charge in [0.15, 0.2) is 5.03 Å². The third-order valence-electron chi connectivity index (χ3n) is 3.97. The van der Waals surface area contributed by atoms with Gasteiger partial charge < -0.3 is 9.88 Å². The summed E-state index contributed by atoms with van der Waals surface area (Å²) in [5.41, 5.74) is 0. The van der Waals surface area contributed by atoms with Crippen LogP contribution >= 0.6 is 0 Å². The Morgan fingerprint density at radius 1 is 1.53 bits per heavy atom. The maximum absolute atomic E-state index is 12.2. The number of fused-ring (bicyclic) bond motifs is 1. The molecule has 7 heteroatoms. The molecule has 6 nitrogen and oxygen atoms in total. The van der Waals surface area contributed by atoms with Gasteiger partial charge in [-0.3, -0.25) is 0 Å². The van der Waals surface area contributed by atoms with Crippen LogP contribution in [0.5, 0.6) is 0 Å². The maximum atomic E-state index is 12.2. The minimum absolute atomic E-state index is 0.324. The van der Waals surface area contributed by atoms with Crippen LogP contribution in [0.25, 0.3) is 0 Å². The fraction of sp³-hybridized carbons (Fsp3) is 0.750. The van der Waals surface area contributed by atoms with Crippen molar-refractivity contribution in [1.82, 2.24) is 19.6 Å². The summed E-state index contributed by atoms with van der Waals surface area (Å²) in [7, 11) is -3.40. The standard InChI is InChI=1S/C12H20N4O2S/c17-19(18,15-6-4-10-3-5-13-8-10)12-9-14-11-2-1-7-16(11)12/h9-10,13,15H,1-8H2. The first-order chi connectivity index (χ1) is 9.17. The van der Waals surface area contributed by atoms with E-state index in [-0.39, 0.29) is 0 Å². The third-order valence-corrected chi connectivity index (χ3v) is 5.43. The average molecular weight is 284 g/mol. The van der Waals surface area contributed by atoms with Crippen LogP contribution in [-0.2, 0) is 23.0 Å². The first kappa shape index (κ1) is 13.1. The molecular formula is C12H20N4O2S. The highest BCUT2D eigenvalue weighted by Gasteiger charge is 2.25. The van der Waals surface area contributed by atoms with Crippen molar-refractivity contribution >= 4 is 10.0 Å². The summed E-state index contributed by atoms with van der Waals surface area (Å²) >= 11 is 0. The fourth-order valence-electron chi connectivity index (χ4n) is 2.88. The van der Waals surface area contributed by atoms with Crippen LogP contribution < -0.4 is 10.0 Å². The Labute approximate surface area is 113 Å². The number of hydrogen-bond donors (Lipinski definition) is 2. The Balaban J connectivity index is 1.62. The summed E-state index contributed by atoms with van der Waals surface area (Å²) in [5.74, 6) is 1.49. The van der Waals surface area contributed by atoms with E-state index >= 15 is 0 Å². The van der Waals surface area contributed by atoms with Crippen molar-refractivity contribution in [3.05, 3.63) is 12.0 Å². The van der Waals surface area contributed by atoms with Crippen molar-refractivity contribution in [1.29, 1.82) is 0 Å². The number of rotatable bonds is 5. The second kappa shape index (κ2) is 5.22. The molecular weight excluding hydrogens is 264 g/mol. The van der Waals surface area contributed by atoms with E-state index in [1.807, 2.05) is 4.57 Å². The van der Waals surface area contributed by atoms with Gasteiger partial charge in [0.25, 0.3) is 10.0 Å². The number of aromatic nitrogens is 2. The quantitative estimate of drug-likeness (QED) is 0.804. The van der Waals surface area contributed by atoms with Gasteiger partial charge in [-0.15, -0.1) is 0 Å². The molecule has 1 atom stereocenters. The third kappa shape index (κ3) is 2.68. The summed E-state index contributed by atoms with van der Waals surface area (Å²) in [4.78, 5) is 4.18. The van der Waals surface area contributed by atoms with Crippen LogP contribution in [0.4, 0.5) is 0 Å². The zero-order chi connectivity index (χ0) is 13.3. The molecule has 1 aromatic heterocycles. The van der Waals surface area contributed by atoms with E-state index in [0.717, 1.165) is 51.1 Å². The van der Waals surface area contributed by atoms with Crippen LogP contribution in [0.15, 0.2) is 11.2 Å². The first-order valence-corrected chi connectivity index (χ1v) is 8.40. The second-order valence-electron chi connectivity index (χ2n) is 5.31. The molecule has 1 saturated heterocycles. The van der Waals surface area contributed by atoms with Crippen molar-refractivity contribution in [2.24, 2.45) is 5.92 Å². The van der Waals surface area contributed by atoms with Gasteiger partial charge in [0, 0.05) is 19.5 Å². The lowest BCUT2D eigenvalue weighted by Gasteiger charge is -2.10. The Kier molecular flexibility index (Phi) is 3.60. The number of imidazole rings is 1. The SMILES string of the molecule is O=S(=O)(NCCC1CCNC1)c1cnc2n1CCC2. The predicted octanol–water partition coefficient (Wildman–Crippen LogP) is 0.107. The van der Waals surface area contributed by atoms with Crippen LogP contribution in [0, 0.1) is 5.92 Å². The molecule has 0 saturated carbocycles. The maximum Gasteiger partial charge on any atom is 0.257 e. The molecule has 2 aliphatic heterocycles. The second-order valence-corrected chi connectivity index (χ2v) is 7.03. The van der Waals surface area contributed by atoms with E-state index in [1.165, 1.54) is 6.20 Å². The Morgan fingerprint density at radius 2 is 2.42 bits per heavy atom. The Morgan fingerprint density at radius 3 is 3.21 bits per heavy atom. The molecule has 3 heterocycles. The molecule has 2 aliphatic rings. The molecule has 0 aromatic carbocycles. The number of nitrogens with one attached hydrogen (secondary N) is 2. The molecule has 3 rings (SSSR count). The van der Waals surface area contributed by atoms with Crippen LogP contribution in [0.2, 0.25) is 0 Å². The zero-order valence-corrected chi connectivity index (χ0v) is 11.7. The molecule has 2 N–H and O–H groups in total. The smallest absolute Gasteiger partial charge is 0.257 e. The van der Waals surface area contributed by atoms with Crippen LogP contribution in [0.1, 0.15) is 25.1 Å². The van der Waals surface area contributed by atoms with Gasteiger partial charge in [0.1, 0.15) is 5.82 Å². The van der Waals surface area contributed by atoms with Crippen LogP contribution in [-0.4, -0.2) is 37.6 Å². The summed E-state index contributed by atoms with van der Waals surface area (Å²) in [6.07, 6.45) is 5.38. The molecule has 106 valence electrons. The monoisotopic (exact) mass is 284 g/mol. The van der Waals surface area contributed by atoms with Crippen molar-refractivity contribution in [3.8, 4) is 0 Å². The molecule has 1 fully saturated rings. The highest BCUT2D eigenvalue weighted by molar-refractivity contribution is 7.89. The Bertz CT molecular complexity index is 546. The minimum atomic E-state index is -3.40. The van der Waals surface area contributed by atoms with Gasteiger partial charge in [-0.2, -0.15) is 0 Å². The van der Waals surface area contributed by atoms with Crippen LogP contribution in [0.3, 0.4) is 0 Å². The minimum Gasteiger partial charge on any atom is -0.318 e. The highest BCUT2D eigenvalue weighted by Crippen LogP contribution is 2.20. The lowest BCUT2D eigenvalue weighted by Crippen LogP contribution is -2.28. The van der Waals surface area contributed by atoms with Gasteiger partial charge >= 0.3 is 0 Å². The topological polar surface area (TPSA) is 76.0 Å². The fourth-order valence-corrected chi connectivity index (χ4v) is 4.09. The molecule has 0 bridgehead atoms. The zero-order valence-electron chi connectivity index (χ0n) is 10.9. The number of hydrogen-bond acceptors (Lipinski definition) is 4. The number of sulfonamides is 1. The molecule has 0 radical (unpaired) electrons. The van der Waals surface area contributed by atoms with Gasteiger partial charge in [-0.25, -0.2) is 18.1 Å². The number of nitrogens with zero attached hydrogens (tertiary/aromatic N) is 2. The van der Waals surface area contributed by atoms with Crippen molar-refractivity contribution in [2.45, 2.75) is 37.3 Å². The van der Waals surface area contributed by atoms with E-state index in [0.29, 0.717) is 17.5 Å². The molecule has 19 heavy (non-hydrogen) atoms. The van der Waals surface area contributed by atoms with Crippen molar-refractivity contribution in [2.75, 3.05) is 19.6 Å². The predicted molar refractivity (Wildman–Crippen MR) is 71.3 cm³/mol. The number of aryl methyl sites for hydroxylation is 1. The summed E-state index contributed by atoms with van der Waals surface area (Å²) in [6, 6.07) is 0. The molecule has 0 spiro atoms. The lowest BCUT2D eigenvalue weighted by molar-refractivity contribution is 0.515. The average Bonchev–Trinajstić information content (AvgIpc) is 3.05. The summed E-state index contributed by atoms with van der Waals surface area (Å²) in [5, 5.41) is 3.61. The van der Waals surface area contributed by atoms with Crippen molar-refractivity contribution in [3.63, 3.8) is 0 Å². The molecule has 1 unspecified atom stereocenters. The summed E-state index contributed by atoms with van der Waals surface area (Å²) < 4.78 is 29.0. The van der Waals surface area contributed by atoms with E-state index in [2.05, 4.69) is 15.0 Å². The van der Waals surface area contributed by atoms with E-state index < -0.39 is 10.0 Å². The first-order valence-electron chi connectivity index (χ1n) is 6.91.